The number of rotatable bonds is 1. The Bertz CT molecular complexity index is 543. The Kier molecular flexibility index (Phi) is 1.84. The van der Waals surface area contributed by atoms with Crippen LogP contribution in [0.25, 0.3) is 0 Å². The predicted molar refractivity (Wildman–Crippen MR) is 46.5 cm³/mol. The van der Waals surface area contributed by atoms with Gasteiger partial charge in [0.1, 0.15) is 11.1 Å². The molecule has 0 atom stereocenters. The summed E-state index contributed by atoms with van der Waals surface area (Å²) in [6.07, 6.45) is 0. The van der Waals surface area contributed by atoms with Gasteiger partial charge in [-0.3, -0.25) is 0 Å². The third-order valence-electron chi connectivity index (χ3n) is 2.11. The quantitative estimate of drug-likeness (QED) is 0.351. The van der Waals surface area contributed by atoms with E-state index in [-0.39, 0.29) is 5.56 Å². The van der Waals surface area contributed by atoms with Crippen molar-refractivity contribution in [1.82, 2.24) is 0 Å². The first-order chi connectivity index (χ1) is 7.43. The fourth-order valence-electron chi connectivity index (χ4n) is 1.38. The molecule has 0 aliphatic carbocycles. The largest absolute Gasteiger partial charge is 0.504 e. The maximum absolute atomic E-state index is 11.1. The number of fused-ring (bicyclic) bond motifs is 1. The molecule has 0 spiro atoms. The van der Waals surface area contributed by atoms with Crippen LogP contribution in [0.4, 0.5) is 0 Å². The zero-order valence-electron chi connectivity index (χ0n) is 7.55. The van der Waals surface area contributed by atoms with E-state index in [1.165, 1.54) is 0 Å². The van der Waals surface area contributed by atoms with Crippen LogP contribution >= 0.6 is 0 Å². The zero-order chi connectivity index (χ0) is 12.0. The van der Waals surface area contributed by atoms with Gasteiger partial charge in [0.05, 0.1) is 5.56 Å². The van der Waals surface area contributed by atoms with Gasteiger partial charge in [-0.1, -0.05) is 0 Å². The Morgan fingerprint density at radius 1 is 1.12 bits per heavy atom. The molecule has 1 aliphatic heterocycles. The standard InChI is InChI=1S/C9H4O7/c10-5-3(7(12)13)1-2-4(6(5)11)9(15)16-8(2)14/h1,10-11H,(H,12,13). The first-order valence-corrected chi connectivity index (χ1v) is 4.02. The minimum Gasteiger partial charge on any atom is -0.504 e. The van der Waals surface area contributed by atoms with Crippen molar-refractivity contribution < 1.29 is 34.4 Å². The molecule has 1 aliphatic rings. The second-order valence-corrected chi connectivity index (χ2v) is 3.03. The summed E-state index contributed by atoms with van der Waals surface area (Å²) in [4.78, 5) is 32.8. The molecule has 0 saturated carbocycles. The molecule has 7 nitrogen and oxygen atoms in total. The highest BCUT2D eigenvalue weighted by Gasteiger charge is 2.36. The molecule has 0 saturated heterocycles. The second-order valence-electron chi connectivity index (χ2n) is 3.03. The fourth-order valence-corrected chi connectivity index (χ4v) is 1.38. The van der Waals surface area contributed by atoms with Gasteiger partial charge in [0.25, 0.3) is 0 Å². The van der Waals surface area contributed by atoms with E-state index in [9.17, 15) is 24.6 Å². The summed E-state index contributed by atoms with van der Waals surface area (Å²) >= 11 is 0. The molecule has 0 radical (unpaired) electrons. The smallest absolute Gasteiger partial charge is 0.350 e. The van der Waals surface area contributed by atoms with Gasteiger partial charge in [0.2, 0.25) is 0 Å². The van der Waals surface area contributed by atoms with Gasteiger partial charge in [-0.25, -0.2) is 14.4 Å². The molecule has 0 unspecified atom stereocenters. The van der Waals surface area contributed by atoms with Crippen LogP contribution in [0, 0.1) is 0 Å². The Morgan fingerprint density at radius 2 is 1.75 bits per heavy atom. The summed E-state index contributed by atoms with van der Waals surface area (Å²) in [5, 5.41) is 27.3. The van der Waals surface area contributed by atoms with E-state index in [4.69, 9.17) is 5.11 Å². The highest BCUT2D eigenvalue weighted by Crippen LogP contribution is 2.38. The first kappa shape index (κ1) is 9.97. The van der Waals surface area contributed by atoms with Gasteiger partial charge in [0.15, 0.2) is 11.5 Å². The second kappa shape index (κ2) is 2.96. The average Bonchev–Trinajstić information content (AvgIpc) is 2.47. The normalized spacial score (nSPS) is 13.5. The number of aromatic carboxylic acids is 1. The van der Waals surface area contributed by atoms with E-state index >= 15 is 0 Å². The Balaban J connectivity index is 2.81. The molecular formula is C9H4O7. The lowest BCUT2D eigenvalue weighted by Crippen LogP contribution is -2.02. The molecule has 7 heteroatoms. The van der Waals surface area contributed by atoms with Crippen LogP contribution < -0.4 is 0 Å². The van der Waals surface area contributed by atoms with E-state index in [1.807, 2.05) is 0 Å². The number of cyclic esters (lactones) is 2. The molecule has 1 aromatic rings. The minimum absolute atomic E-state index is 0.377. The van der Waals surface area contributed by atoms with Crippen LogP contribution in [-0.2, 0) is 4.74 Å². The third-order valence-corrected chi connectivity index (χ3v) is 2.11. The average molecular weight is 224 g/mol. The van der Waals surface area contributed by atoms with Crippen LogP contribution in [0.3, 0.4) is 0 Å². The molecule has 2 rings (SSSR count). The van der Waals surface area contributed by atoms with Crippen molar-refractivity contribution >= 4 is 17.9 Å². The van der Waals surface area contributed by atoms with Crippen LogP contribution in [0.2, 0.25) is 0 Å². The number of carbonyl (C=O) groups excluding carboxylic acids is 2. The molecule has 0 fully saturated rings. The number of carbonyl (C=O) groups is 3. The Morgan fingerprint density at radius 3 is 2.31 bits per heavy atom. The van der Waals surface area contributed by atoms with Gasteiger partial charge in [0, 0.05) is 0 Å². The lowest BCUT2D eigenvalue weighted by Gasteiger charge is -2.04. The number of hydrogen-bond acceptors (Lipinski definition) is 6. The fraction of sp³-hybridized carbons (Fsp3) is 0. The zero-order valence-corrected chi connectivity index (χ0v) is 7.55. The molecule has 0 amide bonds. The van der Waals surface area contributed by atoms with Crippen molar-refractivity contribution in [2.75, 3.05) is 0 Å². The van der Waals surface area contributed by atoms with E-state index in [1.54, 1.807) is 0 Å². The monoisotopic (exact) mass is 224 g/mol. The van der Waals surface area contributed by atoms with E-state index in [2.05, 4.69) is 4.74 Å². The van der Waals surface area contributed by atoms with Crippen molar-refractivity contribution in [2.45, 2.75) is 0 Å². The number of benzene rings is 1. The number of esters is 2. The molecule has 3 N–H and O–H groups in total. The van der Waals surface area contributed by atoms with Crippen LogP contribution in [0.5, 0.6) is 11.5 Å². The van der Waals surface area contributed by atoms with Gasteiger partial charge in [-0.2, -0.15) is 0 Å². The first-order valence-electron chi connectivity index (χ1n) is 4.02. The Hall–Kier alpha value is -2.57. The van der Waals surface area contributed by atoms with Gasteiger partial charge >= 0.3 is 17.9 Å². The maximum atomic E-state index is 11.1. The number of phenolic OH excluding ortho intramolecular Hbond substituents is 1. The summed E-state index contributed by atoms with van der Waals surface area (Å²) in [6.45, 7) is 0. The Labute approximate surface area is 87.5 Å². The summed E-state index contributed by atoms with van der Waals surface area (Å²) in [6, 6.07) is 0.778. The molecule has 1 aromatic carbocycles. The summed E-state index contributed by atoms with van der Waals surface area (Å²) in [5.41, 5.74) is -1.58. The van der Waals surface area contributed by atoms with E-state index in [0.717, 1.165) is 6.07 Å². The summed E-state index contributed by atoms with van der Waals surface area (Å²) in [5.74, 6) is -5.66. The third kappa shape index (κ3) is 1.11. The number of phenols is 2. The predicted octanol–water partition coefficient (Wildman–Crippen LogP) is 0.107. The molecule has 82 valence electrons. The number of hydrogen-bond donors (Lipinski definition) is 3. The van der Waals surface area contributed by atoms with Crippen molar-refractivity contribution in [1.29, 1.82) is 0 Å². The van der Waals surface area contributed by atoms with Crippen LogP contribution in [0.1, 0.15) is 31.1 Å². The lowest BCUT2D eigenvalue weighted by atomic mass is 10.0. The lowest BCUT2D eigenvalue weighted by molar-refractivity contribution is 0.0442. The van der Waals surface area contributed by atoms with Crippen LogP contribution in [0.15, 0.2) is 6.07 Å². The molecule has 0 bridgehead atoms. The SMILES string of the molecule is O=C(O)c1cc2c(c(O)c1O)C(=O)OC2=O. The molecule has 1 heterocycles. The molecule has 16 heavy (non-hydrogen) atoms. The van der Waals surface area contributed by atoms with Gasteiger partial charge in [-0.05, 0) is 6.07 Å². The molecular weight excluding hydrogens is 220 g/mol. The van der Waals surface area contributed by atoms with Crippen LogP contribution in [-0.4, -0.2) is 33.2 Å². The minimum atomic E-state index is -1.54. The van der Waals surface area contributed by atoms with Crippen molar-refractivity contribution in [3.8, 4) is 11.5 Å². The van der Waals surface area contributed by atoms with E-state index < -0.39 is 40.5 Å². The number of carboxylic acid groups (broad SMARTS) is 1. The highest BCUT2D eigenvalue weighted by molar-refractivity contribution is 6.17. The van der Waals surface area contributed by atoms with Crippen molar-refractivity contribution in [3.63, 3.8) is 0 Å². The van der Waals surface area contributed by atoms with Gasteiger partial charge in [-0.15, -0.1) is 0 Å². The summed E-state index contributed by atoms with van der Waals surface area (Å²) in [7, 11) is 0. The van der Waals surface area contributed by atoms with Crippen molar-refractivity contribution in [3.05, 3.63) is 22.8 Å². The summed E-state index contributed by atoms with van der Waals surface area (Å²) < 4.78 is 4.16. The number of aromatic hydroxyl groups is 2. The van der Waals surface area contributed by atoms with E-state index in [0.29, 0.717) is 0 Å². The topological polar surface area (TPSA) is 121 Å². The highest BCUT2D eigenvalue weighted by atomic mass is 16.6. The van der Waals surface area contributed by atoms with Crippen molar-refractivity contribution in [2.24, 2.45) is 0 Å². The number of carboxylic acids is 1. The number of ether oxygens (including phenoxy) is 1. The maximum Gasteiger partial charge on any atom is 0.350 e. The van der Waals surface area contributed by atoms with Gasteiger partial charge < -0.3 is 20.1 Å². The molecule has 0 aromatic heterocycles.